The van der Waals surface area contributed by atoms with E-state index in [0.29, 0.717) is 4.90 Å². The van der Waals surface area contributed by atoms with Gasteiger partial charge in [-0.25, -0.2) is 0 Å². The first-order chi connectivity index (χ1) is 18.1. The molecule has 11 nitrogen and oxygen atoms in total. The molecular formula is C26H25NO10S. The predicted molar refractivity (Wildman–Crippen MR) is 130 cm³/mol. The Morgan fingerprint density at radius 3 is 1.87 bits per heavy atom. The number of benzene rings is 2. The Hall–Kier alpha value is -3.90. The molecule has 200 valence electrons. The smallest absolute Gasteiger partial charge is 0.303 e. The Bertz CT molecular complexity index is 1260. The average Bonchev–Trinajstić information content (AvgIpc) is 3.13. The Balaban J connectivity index is 1.87. The van der Waals surface area contributed by atoms with Crippen molar-refractivity contribution in [3.8, 4) is 0 Å². The van der Waals surface area contributed by atoms with Crippen molar-refractivity contribution in [2.24, 2.45) is 0 Å². The molecule has 0 spiro atoms. The van der Waals surface area contributed by atoms with E-state index in [4.69, 9.17) is 18.9 Å². The third-order valence-corrected chi connectivity index (χ3v) is 7.53. The number of carbonyl (C=O) groups is 5. The molecule has 4 rings (SSSR count). The molecule has 2 aliphatic rings. The first kappa shape index (κ1) is 27.1. The van der Waals surface area contributed by atoms with Gasteiger partial charge in [0.2, 0.25) is 0 Å². The molecule has 0 aromatic heterocycles. The summed E-state index contributed by atoms with van der Waals surface area (Å²) in [7, 11) is -2.03. The number of esters is 3. The largest absolute Gasteiger partial charge is 0.463 e. The van der Waals surface area contributed by atoms with Crippen molar-refractivity contribution in [1.82, 2.24) is 4.90 Å². The lowest BCUT2D eigenvalue weighted by Crippen LogP contribution is -2.67. The number of fused-ring (bicyclic) bond motifs is 1. The maximum Gasteiger partial charge on any atom is 0.303 e. The summed E-state index contributed by atoms with van der Waals surface area (Å²) in [5, 5.41) is 0. The van der Waals surface area contributed by atoms with Crippen molar-refractivity contribution in [3.63, 3.8) is 0 Å². The monoisotopic (exact) mass is 543 g/mol. The SMILES string of the molecule is CC(=O)OC[C@H]1O[C@@H](S(=O)c2ccccc2)[C@H](N2C(=O)c3ccccc3C2=O)[C@@H](OC(C)=O)[C@@H]1OC(C)=O. The van der Waals surface area contributed by atoms with E-state index < -0.39 is 76.9 Å². The normalized spacial score (nSPS) is 25.3. The molecule has 0 bridgehead atoms. The summed E-state index contributed by atoms with van der Waals surface area (Å²) in [6.45, 7) is 2.93. The highest BCUT2D eigenvalue weighted by atomic mass is 32.2. The molecule has 6 atom stereocenters. The first-order valence-corrected chi connectivity index (χ1v) is 12.9. The molecule has 2 heterocycles. The van der Waals surface area contributed by atoms with Crippen LogP contribution in [0.4, 0.5) is 0 Å². The number of amides is 2. The first-order valence-electron chi connectivity index (χ1n) is 11.7. The molecule has 2 amide bonds. The topological polar surface area (TPSA) is 143 Å². The summed E-state index contributed by atoms with van der Waals surface area (Å²) in [5.74, 6) is -3.70. The van der Waals surface area contributed by atoms with Crippen molar-refractivity contribution in [2.45, 2.75) is 55.5 Å². The number of nitrogens with zero attached hydrogens (tertiary/aromatic N) is 1. The Kier molecular flexibility index (Phi) is 8.02. The lowest BCUT2D eigenvalue weighted by molar-refractivity contribution is -0.217. The van der Waals surface area contributed by atoms with Gasteiger partial charge < -0.3 is 18.9 Å². The van der Waals surface area contributed by atoms with Crippen LogP contribution in [0.25, 0.3) is 0 Å². The van der Waals surface area contributed by atoms with Crippen molar-refractivity contribution in [2.75, 3.05) is 6.61 Å². The molecule has 1 saturated heterocycles. The summed E-state index contributed by atoms with van der Waals surface area (Å²) in [6, 6.07) is 12.8. The lowest BCUT2D eigenvalue weighted by atomic mass is 9.96. The zero-order valence-electron chi connectivity index (χ0n) is 20.7. The van der Waals surface area contributed by atoms with Crippen LogP contribution >= 0.6 is 0 Å². The van der Waals surface area contributed by atoms with E-state index in [1.54, 1.807) is 42.5 Å². The summed E-state index contributed by atoms with van der Waals surface area (Å²) < 4.78 is 36.1. The van der Waals surface area contributed by atoms with Crippen LogP contribution in [0.1, 0.15) is 41.5 Å². The highest BCUT2D eigenvalue weighted by molar-refractivity contribution is 7.85. The zero-order valence-corrected chi connectivity index (χ0v) is 21.5. The molecular weight excluding hydrogens is 518 g/mol. The van der Waals surface area contributed by atoms with E-state index >= 15 is 0 Å². The molecule has 0 aliphatic carbocycles. The van der Waals surface area contributed by atoms with Gasteiger partial charge in [0, 0.05) is 25.7 Å². The van der Waals surface area contributed by atoms with E-state index in [-0.39, 0.29) is 11.1 Å². The van der Waals surface area contributed by atoms with Gasteiger partial charge in [-0.05, 0) is 24.3 Å². The second kappa shape index (κ2) is 11.2. The third-order valence-electron chi connectivity index (χ3n) is 5.98. The fraction of sp³-hybridized carbons (Fsp3) is 0.346. The highest BCUT2D eigenvalue weighted by Crippen LogP contribution is 2.37. The van der Waals surface area contributed by atoms with Crippen LogP contribution in [-0.2, 0) is 44.1 Å². The zero-order chi connectivity index (χ0) is 27.6. The van der Waals surface area contributed by atoms with Crippen LogP contribution in [0.5, 0.6) is 0 Å². The summed E-state index contributed by atoms with van der Waals surface area (Å²) in [5.41, 5.74) is -1.24. The van der Waals surface area contributed by atoms with Crippen LogP contribution in [0.3, 0.4) is 0 Å². The number of carbonyl (C=O) groups excluding carboxylic acids is 5. The van der Waals surface area contributed by atoms with E-state index in [0.717, 1.165) is 25.7 Å². The predicted octanol–water partition coefficient (Wildman–Crippen LogP) is 1.61. The molecule has 1 fully saturated rings. The number of ether oxygens (including phenoxy) is 4. The minimum absolute atomic E-state index is 0.106. The number of imide groups is 1. The van der Waals surface area contributed by atoms with Crippen LogP contribution in [0, 0.1) is 0 Å². The van der Waals surface area contributed by atoms with Crippen molar-refractivity contribution < 1.29 is 47.1 Å². The Morgan fingerprint density at radius 1 is 0.816 bits per heavy atom. The molecule has 2 aliphatic heterocycles. The van der Waals surface area contributed by atoms with Gasteiger partial charge in [0.15, 0.2) is 17.6 Å². The van der Waals surface area contributed by atoms with Crippen molar-refractivity contribution in [3.05, 3.63) is 65.7 Å². The number of hydrogen-bond acceptors (Lipinski definition) is 10. The molecule has 38 heavy (non-hydrogen) atoms. The van der Waals surface area contributed by atoms with Crippen LogP contribution in [0.2, 0.25) is 0 Å². The van der Waals surface area contributed by atoms with Gasteiger partial charge in [-0.2, -0.15) is 0 Å². The Labute approximate surface area is 220 Å². The van der Waals surface area contributed by atoms with Crippen LogP contribution in [0.15, 0.2) is 59.5 Å². The molecule has 0 N–H and O–H groups in total. The van der Waals surface area contributed by atoms with Crippen LogP contribution < -0.4 is 0 Å². The molecule has 1 unspecified atom stereocenters. The maximum absolute atomic E-state index is 13.9. The van der Waals surface area contributed by atoms with Gasteiger partial charge in [0.25, 0.3) is 11.8 Å². The molecule has 2 aromatic carbocycles. The Morgan fingerprint density at radius 2 is 1.34 bits per heavy atom. The van der Waals surface area contributed by atoms with Gasteiger partial charge in [-0.3, -0.25) is 33.1 Å². The van der Waals surface area contributed by atoms with E-state index in [1.807, 2.05) is 0 Å². The molecule has 0 radical (unpaired) electrons. The van der Waals surface area contributed by atoms with Crippen LogP contribution in [-0.4, -0.2) is 75.2 Å². The standard InChI is InChI=1S/C26H25NO10S/c1-14(28)34-13-20-22(35-15(2)29)23(36-16(3)30)21(26(37-20)38(33)17-9-5-4-6-10-17)27-24(31)18-11-7-8-12-19(18)25(27)32/h4-12,20-23,26H,13H2,1-3H3/t20-,21-,22-,23-,26+,38?/m1/s1. The minimum Gasteiger partial charge on any atom is -0.463 e. The third kappa shape index (κ3) is 5.36. The number of rotatable bonds is 7. The fourth-order valence-electron chi connectivity index (χ4n) is 4.50. The lowest BCUT2D eigenvalue weighted by Gasteiger charge is -2.47. The van der Waals surface area contributed by atoms with E-state index in [2.05, 4.69) is 0 Å². The van der Waals surface area contributed by atoms with Gasteiger partial charge in [0.1, 0.15) is 18.8 Å². The summed E-state index contributed by atoms with van der Waals surface area (Å²) in [4.78, 5) is 64.0. The summed E-state index contributed by atoms with van der Waals surface area (Å²) >= 11 is 0. The molecule has 2 aromatic rings. The maximum atomic E-state index is 13.9. The van der Waals surface area contributed by atoms with E-state index in [9.17, 15) is 28.2 Å². The average molecular weight is 544 g/mol. The van der Waals surface area contributed by atoms with Gasteiger partial charge in [0.05, 0.1) is 21.9 Å². The quantitative estimate of drug-likeness (QED) is 0.287. The molecule has 0 saturated carbocycles. The molecule has 12 heteroatoms. The second-order valence-corrected chi connectivity index (χ2v) is 10.2. The van der Waals surface area contributed by atoms with Crippen molar-refractivity contribution >= 4 is 40.5 Å². The number of hydrogen-bond donors (Lipinski definition) is 0. The second-order valence-electron chi connectivity index (χ2n) is 8.62. The fourth-order valence-corrected chi connectivity index (χ4v) is 5.97. The van der Waals surface area contributed by atoms with Gasteiger partial charge >= 0.3 is 17.9 Å². The minimum atomic E-state index is -2.03. The van der Waals surface area contributed by atoms with E-state index in [1.165, 1.54) is 12.1 Å². The highest BCUT2D eigenvalue weighted by Gasteiger charge is 2.58. The van der Waals surface area contributed by atoms with Crippen molar-refractivity contribution in [1.29, 1.82) is 0 Å². The van der Waals surface area contributed by atoms with Gasteiger partial charge in [-0.15, -0.1) is 0 Å². The summed E-state index contributed by atoms with van der Waals surface area (Å²) in [6.07, 6.45) is -4.14. The van der Waals surface area contributed by atoms with Gasteiger partial charge in [-0.1, -0.05) is 30.3 Å².